The minimum absolute atomic E-state index is 0.0536. The zero-order chi connectivity index (χ0) is 16.6. The first kappa shape index (κ1) is 16.1. The van der Waals surface area contributed by atoms with Gasteiger partial charge in [-0.05, 0) is 29.7 Å². The molecule has 0 aliphatic carbocycles. The van der Waals surface area contributed by atoms with Gasteiger partial charge in [0.2, 0.25) is 5.91 Å². The number of aromatic amines is 1. The molecule has 1 heterocycles. The Balaban J connectivity index is 1.59. The van der Waals surface area contributed by atoms with Crippen molar-refractivity contribution in [2.24, 2.45) is 0 Å². The summed E-state index contributed by atoms with van der Waals surface area (Å²) in [6, 6.07) is 24.4. The van der Waals surface area contributed by atoms with E-state index in [0.29, 0.717) is 13.0 Å². The van der Waals surface area contributed by atoms with Crippen LogP contribution in [0, 0.1) is 0 Å². The van der Waals surface area contributed by atoms with Crippen molar-refractivity contribution in [1.82, 2.24) is 10.3 Å². The summed E-state index contributed by atoms with van der Waals surface area (Å²) in [5.74, 6) is 0.132. The predicted molar refractivity (Wildman–Crippen MR) is 96.9 cm³/mol. The molecule has 3 aromatic rings. The summed E-state index contributed by atoms with van der Waals surface area (Å²) in [5, 5.41) is 3.04. The molecule has 2 N–H and O–H groups in total. The second kappa shape index (κ2) is 8.16. The van der Waals surface area contributed by atoms with Gasteiger partial charge < -0.3 is 10.3 Å². The Morgan fingerprint density at radius 1 is 0.917 bits per heavy atom. The summed E-state index contributed by atoms with van der Waals surface area (Å²) in [6.07, 6.45) is 3.20. The van der Waals surface area contributed by atoms with Crippen molar-refractivity contribution in [2.45, 2.75) is 18.8 Å². The maximum absolute atomic E-state index is 12.4. The molecule has 1 unspecified atom stereocenters. The van der Waals surface area contributed by atoms with E-state index in [2.05, 4.69) is 34.6 Å². The van der Waals surface area contributed by atoms with Crippen LogP contribution < -0.4 is 5.32 Å². The van der Waals surface area contributed by atoms with Crippen molar-refractivity contribution in [1.29, 1.82) is 0 Å². The highest BCUT2D eigenvalue weighted by Gasteiger charge is 2.18. The van der Waals surface area contributed by atoms with Gasteiger partial charge in [-0.1, -0.05) is 60.7 Å². The van der Waals surface area contributed by atoms with Crippen LogP contribution in [-0.2, 0) is 11.2 Å². The quantitative estimate of drug-likeness (QED) is 0.682. The number of aromatic nitrogens is 1. The molecule has 0 spiro atoms. The van der Waals surface area contributed by atoms with Crippen LogP contribution >= 0.6 is 0 Å². The van der Waals surface area contributed by atoms with Gasteiger partial charge in [0.15, 0.2) is 0 Å². The normalized spacial score (nSPS) is 11.8. The molecule has 2 aromatic carbocycles. The van der Waals surface area contributed by atoms with Gasteiger partial charge in [0.25, 0.3) is 0 Å². The highest BCUT2D eigenvalue weighted by molar-refractivity contribution is 5.77. The Labute approximate surface area is 142 Å². The van der Waals surface area contributed by atoms with Crippen LogP contribution in [-0.4, -0.2) is 17.4 Å². The van der Waals surface area contributed by atoms with E-state index in [9.17, 15) is 4.79 Å². The summed E-state index contributed by atoms with van der Waals surface area (Å²) in [7, 11) is 0. The van der Waals surface area contributed by atoms with Crippen molar-refractivity contribution >= 4 is 5.91 Å². The van der Waals surface area contributed by atoms with E-state index < -0.39 is 0 Å². The average Bonchev–Trinajstić information content (AvgIpc) is 3.16. The lowest BCUT2D eigenvalue weighted by molar-refractivity contribution is -0.121. The number of benzene rings is 2. The van der Waals surface area contributed by atoms with Crippen LogP contribution in [0.25, 0.3) is 0 Å². The third kappa shape index (κ3) is 4.35. The summed E-state index contributed by atoms with van der Waals surface area (Å²) in [5.41, 5.74) is 3.46. The van der Waals surface area contributed by atoms with E-state index in [1.807, 2.05) is 54.7 Å². The van der Waals surface area contributed by atoms with Crippen molar-refractivity contribution in [3.63, 3.8) is 0 Å². The fraction of sp³-hybridized carbons (Fsp3) is 0.190. The summed E-state index contributed by atoms with van der Waals surface area (Å²) >= 11 is 0. The summed E-state index contributed by atoms with van der Waals surface area (Å²) in [6.45, 7) is 0.662. The van der Waals surface area contributed by atoms with Crippen molar-refractivity contribution in [3.05, 3.63) is 95.8 Å². The molecule has 122 valence electrons. The molecule has 1 atom stereocenters. The van der Waals surface area contributed by atoms with Gasteiger partial charge in [0.05, 0.1) is 0 Å². The Morgan fingerprint density at radius 3 is 2.29 bits per heavy atom. The minimum Gasteiger partial charge on any atom is -0.364 e. The van der Waals surface area contributed by atoms with Gasteiger partial charge in [-0.15, -0.1) is 0 Å². The highest BCUT2D eigenvalue weighted by atomic mass is 16.1. The fourth-order valence-corrected chi connectivity index (χ4v) is 2.90. The Hall–Kier alpha value is -2.81. The van der Waals surface area contributed by atoms with Gasteiger partial charge in [-0.25, -0.2) is 0 Å². The minimum atomic E-state index is 0.0536. The molecular formula is C21H22N2O. The number of amides is 1. The summed E-state index contributed by atoms with van der Waals surface area (Å²) in [4.78, 5) is 15.6. The molecule has 1 aromatic heterocycles. The van der Waals surface area contributed by atoms with E-state index in [1.165, 1.54) is 5.56 Å². The Kier molecular flexibility index (Phi) is 5.46. The Morgan fingerprint density at radius 2 is 1.62 bits per heavy atom. The third-order valence-electron chi connectivity index (χ3n) is 4.17. The van der Waals surface area contributed by atoms with E-state index in [0.717, 1.165) is 17.7 Å². The number of hydrogen-bond donors (Lipinski definition) is 2. The van der Waals surface area contributed by atoms with Gasteiger partial charge >= 0.3 is 0 Å². The highest BCUT2D eigenvalue weighted by Crippen LogP contribution is 2.26. The molecule has 3 nitrogen and oxygen atoms in total. The second-order valence-corrected chi connectivity index (χ2v) is 5.88. The first-order valence-electron chi connectivity index (χ1n) is 8.32. The molecule has 0 aliphatic heterocycles. The average molecular weight is 318 g/mol. The molecule has 3 rings (SSSR count). The Bertz CT molecular complexity index is 736. The zero-order valence-corrected chi connectivity index (χ0v) is 13.6. The maximum atomic E-state index is 12.4. The number of nitrogens with one attached hydrogen (secondary N) is 2. The van der Waals surface area contributed by atoms with Gasteiger partial charge in [0, 0.05) is 30.8 Å². The van der Waals surface area contributed by atoms with Crippen LogP contribution in [0.2, 0.25) is 0 Å². The number of rotatable bonds is 7. The lowest BCUT2D eigenvalue weighted by Gasteiger charge is -2.16. The lowest BCUT2D eigenvalue weighted by atomic mass is 9.92. The molecule has 0 fully saturated rings. The molecular weight excluding hydrogens is 296 g/mol. The van der Waals surface area contributed by atoms with Crippen LogP contribution in [0.1, 0.15) is 29.2 Å². The van der Waals surface area contributed by atoms with E-state index in [4.69, 9.17) is 0 Å². The second-order valence-electron chi connectivity index (χ2n) is 5.88. The van der Waals surface area contributed by atoms with Gasteiger partial charge in [-0.2, -0.15) is 0 Å². The van der Waals surface area contributed by atoms with Crippen LogP contribution in [0.3, 0.4) is 0 Å². The van der Waals surface area contributed by atoms with Crippen LogP contribution in [0.5, 0.6) is 0 Å². The molecule has 3 heteroatoms. The monoisotopic (exact) mass is 318 g/mol. The molecule has 24 heavy (non-hydrogen) atoms. The third-order valence-corrected chi connectivity index (χ3v) is 4.17. The first-order valence-corrected chi connectivity index (χ1v) is 8.32. The number of carbonyl (C=O) groups is 1. The molecule has 0 saturated heterocycles. The molecule has 0 saturated carbocycles. The SMILES string of the molecule is O=C(CC(c1ccccc1)c1ccc[nH]1)NCCc1ccccc1. The van der Waals surface area contributed by atoms with Crippen LogP contribution in [0.15, 0.2) is 79.0 Å². The largest absolute Gasteiger partial charge is 0.364 e. The fourth-order valence-electron chi connectivity index (χ4n) is 2.90. The van der Waals surface area contributed by atoms with Crippen molar-refractivity contribution in [2.75, 3.05) is 6.54 Å². The predicted octanol–water partition coefficient (Wildman–Crippen LogP) is 3.90. The molecule has 0 aliphatic rings. The van der Waals surface area contributed by atoms with Crippen LogP contribution in [0.4, 0.5) is 0 Å². The standard InChI is InChI=1S/C21H22N2O/c24-21(23-15-13-17-8-3-1-4-9-17)16-19(20-12-7-14-22-20)18-10-5-2-6-11-18/h1-12,14,19,22H,13,15-16H2,(H,23,24). The molecule has 0 radical (unpaired) electrons. The lowest BCUT2D eigenvalue weighted by Crippen LogP contribution is -2.27. The smallest absolute Gasteiger partial charge is 0.221 e. The van der Waals surface area contributed by atoms with E-state index >= 15 is 0 Å². The first-order chi connectivity index (χ1) is 11.8. The van der Waals surface area contributed by atoms with E-state index in [-0.39, 0.29) is 11.8 Å². The van der Waals surface area contributed by atoms with Gasteiger partial charge in [-0.3, -0.25) is 4.79 Å². The number of hydrogen-bond acceptors (Lipinski definition) is 1. The van der Waals surface area contributed by atoms with E-state index in [1.54, 1.807) is 0 Å². The molecule has 0 bridgehead atoms. The topological polar surface area (TPSA) is 44.9 Å². The maximum Gasteiger partial charge on any atom is 0.221 e. The molecule has 1 amide bonds. The summed E-state index contributed by atoms with van der Waals surface area (Å²) < 4.78 is 0. The van der Waals surface area contributed by atoms with Gasteiger partial charge in [0.1, 0.15) is 0 Å². The van der Waals surface area contributed by atoms with Crippen molar-refractivity contribution < 1.29 is 4.79 Å². The zero-order valence-electron chi connectivity index (χ0n) is 13.6. The number of H-pyrrole nitrogens is 1. The van der Waals surface area contributed by atoms with Crippen molar-refractivity contribution in [3.8, 4) is 0 Å². The number of carbonyl (C=O) groups excluding carboxylic acids is 1.